The lowest BCUT2D eigenvalue weighted by Crippen LogP contribution is -2.15. The Balaban J connectivity index is 1.84. The number of carbonyl (C=O) groups excluding carboxylic acids is 1. The molecule has 2 heterocycles. The summed E-state index contributed by atoms with van der Waals surface area (Å²) in [7, 11) is -1.95. The second-order valence-corrected chi connectivity index (χ2v) is 9.58. The minimum atomic E-state index is -3.52. The van der Waals surface area contributed by atoms with Crippen LogP contribution in [0.25, 0.3) is 11.0 Å². The number of carbonyl (C=O) groups is 1. The number of rotatable bonds is 6. The van der Waals surface area contributed by atoms with Crippen LogP contribution in [-0.2, 0) is 28.1 Å². The van der Waals surface area contributed by atoms with Gasteiger partial charge in [0.1, 0.15) is 11.2 Å². The SMILES string of the molecule is CCc1ccc(Nc2cc(NC(=O)C3CC3)nc3[nH]n(C)c(=O)c23)c(S(C)(=O)=O)c1. The number of amides is 1. The summed E-state index contributed by atoms with van der Waals surface area (Å²) in [4.78, 5) is 29.3. The van der Waals surface area contributed by atoms with Crippen molar-refractivity contribution in [2.45, 2.75) is 31.1 Å². The number of hydrogen-bond acceptors (Lipinski definition) is 6. The molecule has 0 spiro atoms. The summed E-state index contributed by atoms with van der Waals surface area (Å²) < 4.78 is 26.0. The Morgan fingerprint density at radius 1 is 1.27 bits per heavy atom. The van der Waals surface area contributed by atoms with Gasteiger partial charge in [0.25, 0.3) is 5.56 Å². The van der Waals surface area contributed by atoms with Crippen LogP contribution in [0.5, 0.6) is 0 Å². The molecular weight excluding hydrogens is 406 g/mol. The molecule has 3 aromatic rings. The molecule has 9 nitrogen and oxygen atoms in total. The second kappa shape index (κ2) is 7.28. The average molecular weight is 430 g/mol. The highest BCUT2D eigenvalue weighted by molar-refractivity contribution is 7.90. The molecule has 1 aromatic carbocycles. The maximum absolute atomic E-state index is 12.6. The Bertz CT molecular complexity index is 1320. The van der Waals surface area contributed by atoms with E-state index in [2.05, 4.69) is 20.7 Å². The molecule has 1 fully saturated rings. The van der Waals surface area contributed by atoms with Crippen LogP contribution in [0.4, 0.5) is 17.2 Å². The summed E-state index contributed by atoms with van der Waals surface area (Å²) >= 11 is 0. The summed E-state index contributed by atoms with van der Waals surface area (Å²) in [6, 6.07) is 6.69. The number of anilines is 3. The van der Waals surface area contributed by atoms with Crippen molar-refractivity contribution in [1.82, 2.24) is 14.8 Å². The van der Waals surface area contributed by atoms with E-state index in [1.165, 1.54) is 4.68 Å². The smallest absolute Gasteiger partial charge is 0.277 e. The Hall–Kier alpha value is -3.14. The lowest BCUT2D eigenvalue weighted by atomic mass is 10.1. The highest BCUT2D eigenvalue weighted by Crippen LogP contribution is 2.32. The number of pyridine rings is 1. The van der Waals surface area contributed by atoms with Crippen LogP contribution in [0, 0.1) is 5.92 Å². The Labute approximate surface area is 173 Å². The van der Waals surface area contributed by atoms with Gasteiger partial charge in [0, 0.05) is 25.3 Å². The van der Waals surface area contributed by atoms with Crippen molar-refractivity contribution in [3.8, 4) is 0 Å². The van der Waals surface area contributed by atoms with Crippen LogP contribution in [0.3, 0.4) is 0 Å². The minimum absolute atomic E-state index is 0.00727. The number of aryl methyl sites for hydroxylation is 2. The number of nitrogens with zero attached hydrogens (tertiary/aromatic N) is 2. The van der Waals surface area contributed by atoms with Gasteiger partial charge >= 0.3 is 0 Å². The van der Waals surface area contributed by atoms with Crippen molar-refractivity contribution >= 4 is 44.0 Å². The molecule has 158 valence electrons. The maximum atomic E-state index is 12.6. The van der Waals surface area contributed by atoms with Crippen LogP contribution in [0.1, 0.15) is 25.3 Å². The number of nitrogens with one attached hydrogen (secondary N) is 3. The van der Waals surface area contributed by atoms with Gasteiger partial charge in [0.2, 0.25) is 5.91 Å². The van der Waals surface area contributed by atoms with E-state index in [1.54, 1.807) is 25.2 Å². The van der Waals surface area contributed by atoms with Gasteiger partial charge in [0.15, 0.2) is 15.5 Å². The number of H-pyrrole nitrogens is 1. The molecule has 2 aromatic heterocycles. The van der Waals surface area contributed by atoms with Crippen LogP contribution >= 0.6 is 0 Å². The van der Waals surface area contributed by atoms with Crippen LogP contribution in [0.15, 0.2) is 34.0 Å². The number of aromatic nitrogens is 3. The van der Waals surface area contributed by atoms with Gasteiger partial charge in [0.05, 0.1) is 16.3 Å². The van der Waals surface area contributed by atoms with E-state index in [1.807, 2.05) is 13.0 Å². The Morgan fingerprint density at radius 2 is 2.00 bits per heavy atom. The molecule has 0 unspecified atom stereocenters. The largest absolute Gasteiger partial charge is 0.354 e. The third-order valence-corrected chi connectivity index (χ3v) is 6.27. The van der Waals surface area contributed by atoms with E-state index >= 15 is 0 Å². The van der Waals surface area contributed by atoms with Gasteiger partial charge in [-0.1, -0.05) is 13.0 Å². The van der Waals surface area contributed by atoms with Crippen molar-refractivity contribution in [3.05, 3.63) is 40.2 Å². The Kier molecular flexibility index (Phi) is 4.89. The minimum Gasteiger partial charge on any atom is -0.354 e. The molecule has 10 heteroatoms. The predicted molar refractivity (Wildman–Crippen MR) is 115 cm³/mol. The van der Waals surface area contributed by atoms with E-state index < -0.39 is 9.84 Å². The third-order valence-electron chi connectivity index (χ3n) is 5.13. The average Bonchev–Trinajstić information content (AvgIpc) is 3.48. The predicted octanol–water partition coefficient (Wildman–Crippen LogP) is 2.32. The highest BCUT2D eigenvalue weighted by atomic mass is 32.2. The van der Waals surface area contributed by atoms with Crippen LogP contribution < -0.4 is 16.2 Å². The molecule has 1 aliphatic carbocycles. The molecule has 3 N–H and O–H groups in total. The van der Waals surface area contributed by atoms with E-state index in [-0.39, 0.29) is 33.5 Å². The van der Waals surface area contributed by atoms with Crippen molar-refractivity contribution in [1.29, 1.82) is 0 Å². The molecule has 1 amide bonds. The zero-order valence-electron chi connectivity index (χ0n) is 16.9. The molecule has 4 rings (SSSR count). The first-order valence-corrected chi connectivity index (χ1v) is 11.6. The summed E-state index contributed by atoms with van der Waals surface area (Å²) in [6.45, 7) is 1.94. The molecule has 1 saturated carbocycles. The molecule has 1 aliphatic rings. The number of fused-ring (bicyclic) bond motifs is 1. The molecule has 0 aliphatic heterocycles. The monoisotopic (exact) mass is 429 g/mol. The van der Waals surface area contributed by atoms with E-state index in [0.717, 1.165) is 24.7 Å². The van der Waals surface area contributed by atoms with Gasteiger partial charge in [-0.25, -0.2) is 13.4 Å². The fourth-order valence-electron chi connectivity index (χ4n) is 3.30. The summed E-state index contributed by atoms with van der Waals surface area (Å²) in [5, 5.41) is 8.99. The number of benzene rings is 1. The van der Waals surface area contributed by atoms with Crippen molar-refractivity contribution < 1.29 is 13.2 Å². The highest BCUT2D eigenvalue weighted by Gasteiger charge is 2.30. The summed E-state index contributed by atoms with van der Waals surface area (Å²) in [5.74, 6) is 0.164. The molecule has 0 radical (unpaired) electrons. The van der Waals surface area contributed by atoms with E-state index in [0.29, 0.717) is 23.4 Å². The van der Waals surface area contributed by atoms with Crippen molar-refractivity contribution in [2.75, 3.05) is 16.9 Å². The van der Waals surface area contributed by atoms with Gasteiger partial charge in [-0.15, -0.1) is 0 Å². The number of sulfone groups is 1. The molecule has 0 atom stereocenters. The first kappa shape index (κ1) is 20.1. The maximum Gasteiger partial charge on any atom is 0.277 e. The second-order valence-electron chi connectivity index (χ2n) is 7.60. The fraction of sp³-hybridized carbons (Fsp3) is 0.350. The van der Waals surface area contributed by atoms with Crippen molar-refractivity contribution in [2.24, 2.45) is 13.0 Å². The van der Waals surface area contributed by atoms with Crippen LogP contribution in [-0.4, -0.2) is 35.3 Å². The summed E-state index contributed by atoms with van der Waals surface area (Å²) in [6.07, 6.45) is 3.54. The van der Waals surface area contributed by atoms with Crippen LogP contribution in [0.2, 0.25) is 0 Å². The summed E-state index contributed by atoms with van der Waals surface area (Å²) in [5.41, 5.74) is 1.58. The standard InChI is InChI=1S/C20H23N5O4S/c1-4-11-5-8-13(15(9-11)30(3,28)29)21-14-10-16(23-19(26)12-6-7-12)22-18-17(14)20(27)25(2)24-18/h5,8-10,12H,4,6-7H2,1-3H3,(H3,21,22,23,24,26). The zero-order chi connectivity index (χ0) is 21.6. The Morgan fingerprint density at radius 3 is 2.63 bits per heavy atom. The van der Waals surface area contributed by atoms with Gasteiger partial charge in [-0.3, -0.25) is 19.4 Å². The third kappa shape index (κ3) is 3.82. The first-order chi connectivity index (χ1) is 14.2. The van der Waals surface area contributed by atoms with E-state index in [9.17, 15) is 18.0 Å². The lowest BCUT2D eigenvalue weighted by Gasteiger charge is -2.14. The molecular formula is C20H23N5O4S. The molecule has 0 saturated heterocycles. The lowest BCUT2D eigenvalue weighted by molar-refractivity contribution is -0.117. The van der Waals surface area contributed by atoms with E-state index in [4.69, 9.17) is 0 Å². The molecule has 0 bridgehead atoms. The van der Waals surface area contributed by atoms with Gasteiger partial charge in [-0.2, -0.15) is 0 Å². The normalized spacial score (nSPS) is 14.1. The molecule has 30 heavy (non-hydrogen) atoms. The first-order valence-electron chi connectivity index (χ1n) is 9.68. The number of aromatic amines is 1. The zero-order valence-corrected chi connectivity index (χ0v) is 17.8. The van der Waals surface area contributed by atoms with Crippen molar-refractivity contribution in [3.63, 3.8) is 0 Å². The number of hydrogen-bond donors (Lipinski definition) is 3. The fourth-order valence-corrected chi connectivity index (χ4v) is 4.18. The quantitative estimate of drug-likeness (QED) is 0.552. The van der Waals surface area contributed by atoms with Gasteiger partial charge < -0.3 is 10.6 Å². The van der Waals surface area contributed by atoms with Gasteiger partial charge in [-0.05, 0) is 37.0 Å². The topological polar surface area (TPSA) is 126 Å².